The van der Waals surface area contributed by atoms with Crippen LogP contribution in [0, 0.1) is 5.92 Å². The van der Waals surface area contributed by atoms with E-state index in [2.05, 4.69) is 4.98 Å². The van der Waals surface area contributed by atoms with Crippen LogP contribution in [0.2, 0.25) is 0 Å². The van der Waals surface area contributed by atoms with Crippen LogP contribution in [-0.2, 0) is 0 Å². The van der Waals surface area contributed by atoms with Gasteiger partial charge in [0.2, 0.25) is 0 Å². The van der Waals surface area contributed by atoms with E-state index in [1.54, 1.807) is 49.7 Å². The number of nitrogens with zero attached hydrogens (tertiary/aromatic N) is 2. The summed E-state index contributed by atoms with van der Waals surface area (Å²) in [6, 6.07) is 9.04. The van der Waals surface area contributed by atoms with Crippen molar-refractivity contribution < 1.29 is 19.4 Å². The molecule has 0 spiro atoms. The number of carbonyl (C=O) groups is 1. The zero-order valence-corrected chi connectivity index (χ0v) is 14.4. The van der Waals surface area contributed by atoms with Gasteiger partial charge >= 0.3 is 0 Å². The van der Waals surface area contributed by atoms with Gasteiger partial charge in [0, 0.05) is 49.5 Å². The molecule has 2 heterocycles. The lowest BCUT2D eigenvalue weighted by atomic mass is 9.90. The van der Waals surface area contributed by atoms with Crippen LogP contribution in [0.25, 0.3) is 0 Å². The minimum absolute atomic E-state index is 0.0199. The Hall–Kier alpha value is -2.60. The number of aliphatic hydroxyl groups excluding tert-OH is 1. The van der Waals surface area contributed by atoms with Gasteiger partial charge in [0.1, 0.15) is 0 Å². The summed E-state index contributed by atoms with van der Waals surface area (Å²) in [6.45, 7) is 1.14. The van der Waals surface area contributed by atoms with Crippen LogP contribution in [-0.4, -0.2) is 54.8 Å². The van der Waals surface area contributed by atoms with E-state index in [0.717, 1.165) is 5.56 Å². The molecule has 3 rings (SSSR count). The quantitative estimate of drug-likeness (QED) is 0.899. The maximum absolute atomic E-state index is 12.9. The van der Waals surface area contributed by atoms with Crippen molar-refractivity contribution in [3.63, 3.8) is 0 Å². The van der Waals surface area contributed by atoms with E-state index in [4.69, 9.17) is 9.47 Å². The van der Waals surface area contributed by atoms with E-state index in [9.17, 15) is 9.90 Å². The van der Waals surface area contributed by atoms with E-state index in [1.807, 2.05) is 12.1 Å². The number of ether oxygens (including phenoxy) is 2. The molecule has 0 radical (unpaired) electrons. The first kappa shape index (κ1) is 17.2. The largest absolute Gasteiger partial charge is 0.493 e. The van der Waals surface area contributed by atoms with Crippen molar-refractivity contribution >= 4 is 5.91 Å². The van der Waals surface area contributed by atoms with Crippen molar-refractivity contribution in [3.8, 4) is 11.5 Å². The topological polar surface area (TPSA) is 71.9 Å². The number of likely N-dealkylation sites (tertiary alicyclic amines) is 1. The number of amides is 1. The van der Waals surface area contributed by atoms with Gasteiger partial charge in [-0.05, 0) is 35.9 Å². The molecule has 0 unspecified atom stereocenters. The molecule has 1 aliphatic rings. The zero-order chi connectivity index (χ0) is 17.8. The number of benzene rings is 1. The summed E-state index contributed by atoms with van der Waals surface area (Å²) in [5.74, 6) is 1.17. The molecule has 0 aliphatic carbocycles. The van der Waals surface area contributed by atoms with Gasteiger partial charge in [-0.2, -0.15) is 0 Å². The lowest BCUT2D eigenvalue weighted by molar-refractivity contribution is 0.0781. The number of aromatic nitrogens is 1. The molecule has 2 aromatic rings. The molecule has 2 atom stereocenters. The highest BCUT2D eigenvalue weighted by Crippen LogP contribution is 2.34. The van der Waals surface area contributed by atoms with E-state index < -0.39 is 0 Å². The van der Waals surface area contributed by atoms with Gasteiger partial charge in [0.05, 0.1) is 14.2 Å². The highest BCUT2D eigenvalue weighted by Gasteiger charge is 2.36. The molecule has 6 nitrogen and oxygen atoms in total. The second-order valence-corrected chi connectivity index (χ2v) is 6.11. The van der Waals surface area contributed by atoms with Crippen LogP contribution in [0.15, 0.2) is 42.7 Å². The fraction of sp³-hybridized carbons (Fsp3) is 0.368. The van der Waals surface area contributed by atoms with Crippen molar-refractivity contribution in [3.05, 3.63) is 53.9 Å². The lowest BCUT2D eigenvalue weighted by Crippen LogP contribution is -2.29. The maximum Gasteiger partial charge on any atom is 0.254 e. The Morgan fingerprint density at radius 3 is 2.52 bits per heavy atom. The summed E-state index contributed by atoms with van der Waals surface area (Å²) < 4.78 is 10.5. The molecule has 1 saturated heterocycles. The number of pyridine rings is 1. The van der Waals surface area contributed by atoms with Gasteiger partial charge in [-0.1, -0.05) is 0 Å². The first-order chi connectivity index (χ1) is 12.2. The fourth-order valence-corrected chi connectivity index (χ4v) is 3.36. The van der Waals surface area contributed by atoms with Crippen LogP contribution in [0.5, 0.6) is 11.5 Å². The first-order valence-electron chi connectivity index (χ1n) is 8.20. The second-order valence-electron chi connectivity index (χ2n) is 6.11. The van der Waals surface area contributed by atoms with Crippen LogP contribution in [0.4, 0.5) is 0 Å². The molecule has 25 heavy (non-hydrogen) atoms. The third-order valence-electron chi connectivity index (χ3n) is 4.73. The normalized spacial score (nSPS) is 19.7. The Bertz CT molecular complexity index is 735. The SMILES string of the molecule is COc1ccc(C(=O)N2C[C@@H](CO)[C@H](c3ccncc3)C2)cc1OC. The van der Waals surface area contributed by atoms with Crippen LogP contribution in [0.1, 0.15) is 21.8 Å². The standard InChI is InChI=1S/C19H22N2O4/c1-24-17-4-3-14(9-18(17)25-2)19(23)21-10-15(12-22)16(11-21)13-5-7-20-8-6-13/h3-9,15-16,22H,10-12H2,1-2H3/t15-,16-/m0/s1. The predicted molar refractivity (Wildman–Crippen MR) is 93.0 cm³/mol. The molecular formula is C19H22N2O4. The van der Waals surface area contributed by atoms with Crippen molar-refractivity contribution in [2.45, 2.75) is 5.92 Å². The van der Waals surface area contributed by atoms with Crippen LogP contribution >= 0.6 is 0 Å². The Kier molecular flexibility index (Phi) is 5.19. The molecule has 1 N–H and O–H groups in total. The molecule has 132 valence electrons. The Morgan fingerprint density at radius 1 is 1.16 bits per heavy atom. The van der Waals surface area contributed by atoms with Crippen molar-refractivity contribution in [2.75, 3.05) is 33.9 Å². The zero-order valence-electron chi connectivity index (χ0n) is 14.4. The lowest BCUT2D eigenvalue weighted by Gasteiger charge is -2.17. The van der Waals surface area contributed by atoms with Gasteiger partial charge in [-0.3, -0.25) is 9.78 Å². The Balaban J connectivity index is 1.81. The van der Waals surface area contributed by atoms with Crippen molar-refractivity contribution in [2.24, 2.45) is 5.92 Å². The molecule has 1 aromatic heterocycles. The van der Waals surface area contributed by atoms with Gasteiger partial charge in [-0.15, -0.1) is 0 Å². The van der Waals surface area contributed by atoms with Gasteiger partial charge < -0.3 is 19.5 Å². The molecule has 1 aromatic carbocycles. The maximum atomic E-state index is 12.9. The third-order valence-corrected chi connectivity index (χ3v) is 4.73. The smallest absolute Gasteiger partial charge is 0.254 e. The fourth-order valence-electron chi connectivity index (χ4n) is 3.36. The number of hydrogen-bond donors (Lipinski definition) is 1. The van der Waals surface area contributed by atoms with Gasteiger partial charge in [0.15, 0.2) is 11.5 Å². The van der Waals surface area contributed by atoms with Gasteiger partial charge in [0.25, 0.3) is 5.91 Å². The summed E-state index contributed by atoms with van der Waals surface area (Å²) in [4.78, 5) is 18.7. The minimum atomic E-state index is -0.0732. The average molecular weight is 342 g/mol. The van der Waals surface area contributed by atoms with Gasteiger partial charge in [-0.25, -0.2) is 0 Å². The Labute approximate surface area is 147 Å². The van der Waals surface area contributed by atoms with E-state index in [1.165, 1.54) is 0 Å². The number of carbonyl (C=O) groups excluding carboxylic acids is 1. The summed E-state index contributed by atoms with van der Waals surface area (Å²) in [5.41, 5.74) is 1.64. The molecule has 0 saturated carbocycles. The second kappa shape index (κ2) is 7.53. The molecule has 6 heteroatoms. The highest BCUT2D eigenvalue weighted by atomic mass is 16.5. The van der Waals surface area contributed by atoms with E-state index in [0.29, 0.717) is 30.2 Å². The molecular weight excluding hydrogens is 320 g/mol. The number of hydrogen-bond acceptors (Lipinski definition) is 5. The highest BCUT2D eigenvalue weighted by molar-refractivity contribution is 5.95. The first-order valence-corrected chi connectivity index (χ1v) is 8.20. The molecule has 1 fully saturated rings. The Morgan fingerprint density at radius 2 is 1.88 bits per heavy atom. The summed E-state index contributed by atoms with van der Waals surface area (Å²) in [7, 11) is 3.11. The third kappa shape index (κ3) is 3.44. The summed E-state index contributed by atoms with van der Waals surface area (Å²) >= 11 is 0. The average Bonchev–Trinajstić information content (AvgIpc) is 3.12. The van der Waals surface area contributed by atoms with Crippen molar-refractivity contribution in [1.29, 1.82) is 0 Å². The summed E-state index contributed by atoms with van der Waals surface area (Å²) in [5, 5.41) is 9.73. The number of aliphatic hydroxyl groups is 1. The summed E-state index contributed by atoms with van der Waals surface area (Å²) in [6.07, 6.45) is 3.48. The monoisotopic (exact) mass is 342 g/mol. The van der Waals surface area contributed by atoms with Crippen molar-refractivity contribution in [1.82, 2.24) is 9.88 Å². The molecule has 0 bridgehead atoms. The number of rotatable bonds is 5. The van der Waals surface area contributed by atoms with E-state index >= 15 is 0 Å². The predicted octanol–water partition coefficient (Wildman–Crippen LogP) is 1.95. The molecule has 1 amide bonds. The minimum Gasteiger partial charge on any atom is -0.493 e. The number of methoxy groups -OCH3 is 2. The molecule has 1 aliphatic heterocycles. The van der Waals surface area contributed by atoms with Crippen LogP contribution in [0.3, 0.4) is 0 Å². The van der Waals surface area contributed by atoms with Crippen LogP contribution < -0.4 is 9.47 Å². The van der Waals surface area contributed by atoms with E-state index in [-0.39, 0.29) is 24.3 Å².